The zero-order valence-corrected chi connectivity index (χ0v) is 8.72. The summed E-state index contributed by atoms with van der Waals surface area (Å²) in [5.74, 6) is 0.342. The molecule has 0 aliphatic heterocycles. The normalized spacial score (nSPS) is 18.7. The summed E-state index contributed by atoms with van der Waals surface area (Å²) in [6, 6.07) is 4.87. The monoisotopic (exact) mass is 243 g/mol. The first-order valence-corrected chi connectivity index (χ1v) is 5.17. The van der Waals surface area contributed by atoms with Gasteiger partial charge in [-0.05, 0) is 42.5 Å². The molecule has 1 nitrogen and oxygen atoms in total. The second kappa shape index (κ2) is 3.39. The fourth-order valence-corrected chi connectivity index (χ4v) is 1.98. The van der Waals surface area contributed by atoms with Crippen LogP contribution in [0.3, 0.4) is 0 Å². The molecular weight excluding hydrogens is 233 g/mol. The minimum absolute atomic E-state index is 0.00648. The number of halogens is 2. The molecule has 0 bridgehead atoms. The number of hydrogen-bond acceptors (Lipinski definition) is 1. The van der Waals surface area contributed by atoms with Crippen molar-refractivity contribution in [2.75, 3.05) is 0 Å². The van der Waals surface area contributed by atoms with Crippen LogP contribution in [0.1, 0.15) is 24.4 Å². The highest BCUT2D eigenvalue weighted by molar-refractivity contribution is 9.10. The highest BCUT2D eigenvalue weighted by atomic mass is 79.9. The van der Waals surface area contributed by atoms with Crippen LogP contribution in [0, 0.1) is 11.7 Å². The van der Waals surface area contributed by atoms with E-state index in [0.717, 1.165) is 10.0 Å². The Morgan fingerprint density at radius 1 is 1.38 bits per heavy atom. The Labute approximate surface area is 85.3 Å². The lowest BCUT2D eigenvalue weighted by Gasteiger charge is -2.10. The van der Waals surface area contributed by atoms with Crippen molar-refractivity contribution in [3.05, 3.63) is 34.1 Å². The van der Waals surface area contributed by atoms with E-state index in [0.29, 0.717) is 5.92 Å². The Balaban J connectivity index is 2.27. The third-order valence-corrected chi connectivity index (χ3v) is 2.86. The summed E-state index contributed by atoms with van der Waals surface area (Å²) in [6.45, 7) is 0. The minimum atomic E-state index is -0.222. The van der Waals surface area contributed by atoms with E-state index in [9.17, 15) is 4.39 Å². The summed E-state index contributed by atoms with van der Waals surface area (Å²) in [4.78, 5) is 0. The van der Waals surface area contributed by atoms with Crippen LogP contribution in [0.5, 0.6) is 0 Å². The Morgan fingerprint density at radius 3 is 2.62 bits per heavy atom. The molecule has 1 fully saturated rings. The maximum absolute atomic E-state index is 13.0. The molecule has 70 valence electrons. The van der Waals surface area contributed by atoms with Crippen LogP contribution in [0.2, 0.25) is 0 Å². The molecule has 2 rings (SSSR count). The molecule has 1 saturated carbocycles. The molecule has 1 aromatic rings. The quantitative estimate of drug-likeness (QED) is 0.850. The lowest BCUT2D eigenvalue weighted by molar-refractivity contribution is 0.600. The minimum Gasteiger partial charge on any atom is -0.324 e. The summed E-state index contributed by atoms with van der Waals surface area (Å²) >= 11 is 3.26. The van der Waals surface area contributed by atoms with E-state index in [4.69, 9.17) is 5.73 Å². The van der Waals surface area contributed by atoms with Gasteiger partial charge in [-0.1, -0.05) is 15.9 Å². The SMILES string of the molecule is N[C@@H](c1cc(F)cc(Br)c1)C1CC1. The summed E-state index contributed by atoms with van der Waals surface area (Å²) in [5, 5.41) is 0. The standard InChI is InChI=1S/C10H11BrFN/c11-8-3-7(4-9(12)5-8)10(13)6-1-2-6/h3-6,10H,1-2,13H2/t10-/m1/s1. The third kappa shape index (κ3) is 2.09. The first-order valence-electron chi connectivity index (χ1n) is 4.38. The van der Waals surface area contributed by atoms with Gasteiger partial charge in [0.25, 0.3) is 0 Å². The molecule has 0 aromatic heterocycles. The Bertz CT molecular complexity index is 302. The van der Waals surface area contributed by atoms with Gasteiger partial charge in [0.05, 0.1) is 0 Å². The number of hydrogen-bond donors (Lipinski definition) is 1. The Kier molecular flexibility index (Phi) is 2.39. The van der Waals surface area contributed by atoms with E-state index in [1.807, 2.05) is 6.07 Å². The van der Waals surface area contributed by atoms with Crippen molar-refractivity contribution in [1.29, 1.82) is 0 Å². The zero-order valence-electron chi connectivity index (χ0n) is 7.13. The van der Waals surface area contributed by atoms with Gasteiger partial charge in [-0.2, -0.15) is 0 Å². The molecule has 13 heavy (non-hydrogen) atoms. The van der Waals surface area contributed by atoms with Crippen molar-refractivity contribution in [2.24, 2.45) is 11.7 Å². The van der Waals surface area contributed by atoms with Gasteiger partial charge in [0.1, 0.15) is 5.82 Å². The topological polar surface area (TPSA) is 26.0 Å². The summed E-state index contributed by atoms with van der Waals surface area (Å²) in [5.41, 5.74) is 6.85. The zero-order chi connectivity index (χ0) is 9.42. The van der Waals surface area contributed by atoms with E-state index < -0.39 is 0 Å². The highest BCUT2D eigenvalue weighted by Crippen LogP contribution is 2.39. The van der Waals surface area contributed by atoms with E-state index in [-0.39, 0.29) is 11.9 Å². The predicted molar refractivity (Wildman–Crippen MR) is 53.8 cm³/mol. The van der Waals surface area contributed by atoms with Gasteiger partial charge >= 0.3 is 0 Å². The van der Waals surface area contributed by atoms with Gasteiger partial charge in [0.15, 0.2) is 0 Å². The molecule has 3 heteroatoms. The average molecular weight is 244 g/mol. The van der Waals surface area contributed by atoms with E-state index in [1.54, 1.807) is 0 Å². The maximum Gasteiger partial charge on any atom is 0.124 e. The fourth-order valence-electron chi connectivity index (χ4n) is 1.50. The van der Waals surface area contributed by atoms with Crippen LogP contribution in [0.4, 0.5) is 4.39 Å². The highest BCUT2D eigenvalue weighted by Gasteiger charge is 2.29. The predicted octanol–water partition coefficient (Wildman–Crippen LogP) is 3.00. The molecule has 0 heterocycles. The van der Waals surface area contributed by atoms with Crippen molar-refractivity contribution < 1.29 is 4.39 Å². The molecule has 0 saturated heterocycles. The number of rotatable bonds is 2. The summed E-state index contributed by atoms with van der Waals surface area (Å²) in [7, 11) is 0. The van der Waals surface area contributed by atoms with Gasteiger partial charge in [-0.25, -0.2) is 4.39 Å². The maximum atomic E-state index is 13.0. The molecule has 1 atom stereocenters. The molecule has 0 spiro atoms. The number of benzene rings is 1. The van der Waals surface area contributed by atoms with E-state index >= 15 is 0 Å². The molecule has 1 aromatic carbocycles. The van der Waals surface area contributed by atoms with Gasteiger partial charge in [-0.3, -0.25) is 0 Å². The summed E-state index contributed by atoms with van der Waals surface area (Å²) < 4.78 is 13.7. The summed E-state index contributed by atoms with van der Waals surface area (Å²) in [6.07, 6.45) is 2.35. The number of nitrogens with two attached hydrogens (primary N) is 1. The Morgan fingerprint density at radius 2 is 2.08 bits per heavy atom. The van der Waals surface area contributed by atoms with Crippen molar-refractivity contribution in [3.63, 3.8) is 0 Å². The van der Waals surface area contributed by atoms with Crippen LogP contribution in [-0.4, -0.2) is 0 Å². The van der Waals surface area contributed by atoms with Crippen LogP contribution >= 0.6 is 15.9 Å². The van der Waals surface area contributed by atoms with Crippen LogP contribution in [0.25, 0.3) is 0 Å². The molecule has 1 aliphatic rings. The van der Waals surface area contributed by atoms with Gasteiger partial charge in [0.2, 0.25) is 0 Å². The second-order valence-corrected chi connectivity index (χ2v) is 4.48. The van der Waals surface area contributed by atoms with Crippen molar-refractivity contribution in [1.82, 2.24) is 0 Å². The second-order valence-electron chi connectivity index (χ2n) is 3.57. The van der Waals surface area contributed by atoms with Gasteiger partial charge in [-0.15, -0.1) is 0 Å². The average Bonchev–Trinajstić information content (AvgIpc) is 2.83. The first kappa shape index (κ1) is 9.16. The lowest BCUT2D eigenvalue weighted by Crippen LogP contribution is -2.12. The van der Waals surface area contributed by atoms with Crippen LogP contribution in [0.15, 0.2) is 22.7 Å². The van der Waals surface area contributed by atoms with Crippen molar-refractivity contribution in [2.45, 2.75) is 18.9 Å². The Hall–Kier alpha value is -0.410. The third-order valence-electron chi connectivity index (χ3n) is 2.40. The van der Waals surface area contributed by atoms with Gasteiger partial charge in [0, 0.05) is 10.5 Å². The van der Waals surface area contributed by atoms with E-state index in [2.05, 4.69) is 15.9 Å². The fraction of sp³-hybridized carbons (Fsp3) is 0.400. The van der Waals surface area contributed by atoms with Crippen LogP contribution in [-0.2, 0) is 0 Å². The molecule has 0 unspecified atom stereocenters. The smallest absolute Gasteiger partial charge is 0.124 e. The van der Waals surface area contributed by atoms with Crippen molar-refractivity contribution >= 4 is 15.9 Å². The molecule has 0 amide bonds. The molecular formula is C10H11BrFN. The van der Waals surface area contributed by atoms with Gasteiger partial charge < -0.3 is 5.73 Å². The first-order chi connectivity index (χ1) is 6.16. The van der Waals surface area contributed by atoms with Crippen LogP contribution < -0.4 is 5.73 Å². The van der Waals surface area contributed by atoms with Crippen molar-refractivity contribution in [3.8, 4) is 0 Å². The van der Waals surface area contributed by atoms with E-state index in [1.165, 1.54) is 25.0 Å². The molecule has 1 aliphatic carbocycles. The lowest BCUT2D eigenvalue weighted by atomic mass is 10.0. The molecule has 0 radical (unpaired) electrons. The largest absolute Gasteiger partial charge is 0.324 e. The molecule has 2 N–H and O–H groups in total.